The predicted octanol–water partition coefficient (Wildman–Crippen LogP) is 3.24. The Labute approximate surface area is 71.1 Å². The number of hydrogen-bond donors (Lipinski definition) is 0. The van der Waals surface area contributed by atoms with E-state index in [4.69, 9.17) is 4.74 Å². The Balaban J connectivity index is 0.000000461. The topological polar surface area (TPSA) is 9.23 Å². The molecule has 0 heterocycles. The first-order chi connectivity index (χ1) is 5.17. The maximum atomic E-state index is 5.33. The molecule has 1 rings (SSSR count). The van der Waals surface area contributed by atoms with Crippen molar-refractivity contribution in [3.05, 3.63) is 0 Å². The van der Waals surface area contributed by atoms with Crippen LogP contribution in [0.2, 0.25) is 0 Å². The predicted molar refractivity (Wildman–Crippen MR) is 49.8 cm³/mol. The molecule has 1 nitrogen and oxygen atoms in total. The van der Waals surface area contributed by atoms with Crippen molar-refractivity contribution in [2.45, 2.75) is 53.1 Å². The lowest BCUT2D eigenvalue weighted by molar-refractivity contribution is 0.0308. The van der Waals surface area contributed by atoms with E-state index in [1.54, 1.807) is 0 Å². The van der Waals surface area contributed by atoms with E-state index in [0.29, 0.717) is 11.5 Å². The molecule has 11 heavy (non-hydrogen) atoms. The van der Waals surface area contributed by atoms with Gasteiger partial charge in [-0.15, -0.1) is 0 Å². The minimum atomic E-state index is 0.439. The molecule has 0 aromatic rings. The highest BCUT2D eigenvalue weighted by molar-refractivity contribution is 4.85. The zero-order valence-corrected chi connectivity index (χ0v) is 8.61. The molecule has 0 spiro atoms. The van der Waals surface area contributed by atoms with Crippen LogP contribution in [-0.2, 0) is 4.74 Å². The fourth-order valence-electron chi connectivity index (χ4n) is 1.73. The average molecular weight is 158 g/mol. The highest BCUT2D eigenvalue weighted by atomic mass is 16.5. The Morgan fingerprint density at radius 2 is 1.82 bits per heavy atom. The molecule has 0 saturated heterocycles. The van der Waals surface area contributed by atoms with E-state index in [1.807, 2.05) is 21.0 Å². The van der Waals surface area contributed by atoms with Crippen molar-refractivity contribution < 1.29 is 4.74 Å². The van der Waals surface area contributed by atoms with Crippen LogP contribution in [0.5, 0.6) is 0 Å². The van der Waals surface area contributed by atoms with Gasteiger partial charge in [0.2, 0.25) is 0 Å². The Bertz CT molecular complexity index is 97.0. The number of rotatable bonds is 1. The van der Waals surface area contributed by atoms with Crippen LogP contribution < -0.4 is 0 Å². The van der Waals surface area contributed by atoms with Crippen LogP contribution in [0.4, 0.5) is 0 Å². The number of ether oxygens (including phenoxy) is 1. The van der Waals surface area contributed by atoms with E-state index in [0.717, 1.165) is 0 Å². The molecular formula is C10H22O. The van der Waals surface area contributed by atoms with Crippen molar-refractivity contribution in [3.8, 4) is 0 Å². The minimum absolute atomic E-state index is 0.439. The van der Waals surface area contributed by atoms with Gasteiger partial charge in [0.25, 0.3) is 0 Å². The fourth-order valence-corrected chi connectivity index (χ4v) is 1.73. The molecule has 0 radical (unpaired) electrons. The summed E-state index contributed by atoms with van der Waals surface area (Å²) in [4.78, 5) is 0. The molecule has 0 aromatic carbocycles. The largest absolute Gasteiger partial charge is 0.381 e. The van der Waals surface area contributed by atoms with Gasteiger partial charge in [0.15, 0.2) is 0 Å². The zero-order valence-electron chi connectivity index (χ0n) is 8.61. The molecule has 0 bridgehead atoms. The van der Waals surface area contributed by atoms with Crippen molar-refractivity contribution in [1.82, 2.24) is 0 Å². The zero-order chi connectivity index (χ0) is 8.91. The number of methoxy groups -OCH3 is 1. The highest BCUT2D eigenvalue weighted by Gasteiger charge is 2.34. The van der Waals surface area contributed by atoms with Gasteiger partial charge in [-0.3, -0.25) is 0 Å². The molecule has 1 atom stereocenters. The lowest BCUT2D eigenvalue weighted by Crippen LogP contribution is -2.24. The van der Waals surface area contributed by atoms with Crippen LogP contribution in [-0.4, -0.2) is 13.2 Å². The van der Waals surface area contributed by atoms with Gasteiger partial charge < -0.3 is 4.74 Å². The summed E-state index contributed by atoms with van der Waals surface area (Å²) in [6.45, 7) is 8.57. The van der Waals surface area contributed by atoms with E-state index in [1.165, 1.54) is 19.3 Å². The van der Waals surface area contributed by atoms with Crippen LogP contribution in [0.25, 0.3) is 0 Å². The molecule has 1 saturated carbocycles. The van der Waals surface area contributed by atoms with E-state index < -0.39 is 0 Å². The van der Waals surface area contributed by atoms with Gasteiger partial charge >= 0.3 is 0 Å². The molecule has 1 fully saturated rings. The first-order valence-corrected chi connectivity index (χ1v) is 4.69. The maximum absolute atomic E-state index is 5.33. The molecule has 0 aromatic heterocycles. The summed E-state index contributed by atoms with van der Waals surface area (Å²) in [5.41, 5.74) is 0.439. The van der Waals surface area contributed by atoms with Gasteiger partial charge in [-0.2, -0.15) is 0 Å². The molecule has 0 aliphatic heterocycles. The van der Waals surface area contributed by atoms with Gasteiger partial charge in [0, 0.05) is 7.11 Å². The third-order valence-electron chi connectivity index (χ3n) is 2.44. The average Bonchev–Trinajstić information content (AvgIpc) is 2.33. The summed E-state index contributed by atoms with van der Waals surface area (Å²) in [6.07, 6.45) is 4.43. The van der Waals surface area contributed by atoms with Gasteiger partial charge in [0.05, 0.1) is 6.10 Å². The molecule has 1 aliphatic rings. The molecular weight excluding hydrogens is 136 g/mol. The van der Waals surface area contributed by atoms with E-state index in [2.05, 4.69) is 13.8 Å². The summed E-state index contributed by atoms with van der Waals surface area (Å²) < 4.78 is 5.33. The van der Waals surface area contributed by atoms with Crippen molar-refractivity contribution in [3.63, 3.8) is 0 Å². The van der Waals surface area contributed by atoms with Crippen molar-refractivity contribution in [2.75, 3.05) is 7.11 Å². The number of hydrogen-bond acceptors (Lipinski definition) is 1. The van der Waals surface area contributed by atoms with Crippen molar-refractivity contribution >= 4 is 0 Å². The summed E-state index contributed by atoms with van der Waals surface area (Å²) in [5.74, 6) is 0. The Hall–Kier alpha value is -0.0400. The maximum Gasteiger partial charge on any atom is 0.0622 e. The highest BCUT2D eigenvalue weighted by Crippen LogP contribution is 2.38. The Kier molecular flexibility index (Phi) is 4.74. The molecule has 1 aliphatic carbocycles. The Morgan fingerprint density at radius 3 is 2.00 bits per heavy atom. The molecule has 0 N–H and O–H groups in total. The third kappa shape index (κ3) is 2.82. The summed E-state index contributed by atoms with van der Waals surface area (Å²) >= 11 is 0. The van der Waals surface area contributed by atoms with Crippen LogP contribution in [0.3, 0.4) is 0 Å². The quantitative estimate of drug-likeness (QED) is 0.569. The second-order valence-corrected chi connectivity index (χ2v) is 3.61. The van der Waals surface area contributed by atoms with Crippen molar-refractivity contribution in [2.24, 2.45) is 5.41 Å². The molecule has 1 heteroatoms. The van der Waals surface area contributed by atoms with Crippen LogP contribution in [0.1, 0.15) is 47.0 Å². The SMILES string of the molecule is CC.COC1CCCC1(C)C. The van der Waals surface area contributed by atoms with Gasteiger partial charge in [-0.25, -0.2) is 0 Å². The summed E-state index contributed by atoms with van der Waals surface area (Å²) in [5, 5.41) is 0. The fraction of sp³-hybridized carbons (Fsp3) is 1.00. The van der Waals surface area contributed by atoms with E-state index in [-0.39, 0.29) is 0 Å². The standard InChI is InChI=1S/C8H16O.C2H6/c1-8(2)6-4-5-7(8)9-3;1-2/h7H,4-6H2,1-3H3;1-2H3. The molecule has 0 amide bonds. The molecule has 1 unspecified atom stereocenters. The molecule has 68 valence electrons. The third-order valence-corrected chi connectivity index (χ3v) is 2.44. The normalized spacial score (nSPS) is 27.5. The van der Waals surface area contributed by atoms with Gasteiger partial charge in [-0.1, -0.05) is 34.1 Å². The second-order valence-electron chi connectivity index (χ2n) is 3.61. The minimum Gasteiger partial charge on any atom is -0.381 e. The van der Waals surface area contributed by atoms with E-state index in [9.17, 15) is 0 Å². The van der Waals surface area contributed by atoms with Crippen LogP contribution in [0.15, 0.2) is 0 Å². The second kappa shape index (κ2) is 4.76. The lowest BCUT2D eigenvalue weighted by Gasteiger charge is -2.24. The van der Waals surface area contributed by atoms with Gasteiger partial charge in [-0.05, 0) is 18.3 Å². The smallest absolute Gasteiger partial charge is 0.0622 e. The van der Waals surface area contributed by atoms with Crippen LogP contribution >= 0.6 is 0 Å². The first kappa shape index (κ1) is 11.0. The van der Waals surface area contributed by atoms with Crippen molar-refractivity contribution in [1.29, 1.82) is 0 Å². The lowest BCUT2D eigenvalue weighted by atomic mass is 9.89. The summed E-state index contributed by atoms with van der Waals surface area (Å²) in [6, 6.07) is 0. The van der Waals surface area contributed by atoms with Crippen LogP contribution in [0, 0.1) is 5.41 Å². The Morgan fingerprint density at radius 1 is 1.27 bits per heavy atom. The summed E-state index contributed by atoms with van der Waals surface area (Å²) in [7, 11) is 1.82. The monoisotopic (exact) mass is 158 g/mol. The van der Waals surface area contributed by atoms with Gasteiger partial charge in [0.1, 0.15) is 0 Å². The van der Waals surface area contributed by atoms with E-state index >= 15 is 0 Å². The first-order valence-electron chi connectivity index (χ1n) is 4.69.